The molecule has 0 aromatic heterocycles. The van der Waals surface area contributed by atoms with Gasteiger partial charge in [-0.3, -0.25) is 4.79 Å². The summed E-state index contributed by atoms with van der Waals surface area (Å²) < 4.78 is 15.3. The number of benzene rings is 2. The fourth-order valence-corrected chi connectivity index (χ4v) is 3.13. The van der Waals surface area contributed by atoms with Gasteiger partial charge >= 0.3 is 5.97 Å². The van der Waals surface area contributed by atoms with Gasteiger partial charge in [-0.25, -0.2) is 0 Å². The molecule has 2 atom stereocenters. The van der Waals surface area contributed by atoms with E-state index < -0.39 is 0 Å². The van der Waals surface area contributed by atoms with Gasteiger partial charge in [-0.1, -0.05) is 19.1 Å². The van der Waals surface area contributed by atoms with Crippen LogP contribution in [0.3, 0.4) is 0 Å². The minimum atomic E-state index is -0.371. The molecule has 6 nitrogen and oxygen atoms in total. The molecule has 1 unspecified atom stereocenters. The van der Waals surface area contributed by atoms with Gasteiger partial charge in [0.2, 0.25) is 0 Å². The summed E-state index contributed by atoms with van der Waals surface area (Å²) in [7, 11) is 4.36. The number of hydrogen-bond acceptors (Lipinski definition) is 6. The Morgan fingerprint density at radius 1 is 0.889 bits per heavy atom. The molecule has 0 bridgehead atoms. The van der Waals surface area contributed by atoms with E-state index in [1.165, 1.54) is 21.3 Å². The quantitative estimate of drug-likeness (QED) is 0.690. The smallest absolute Gasteiger partial charge is 0.309 e. The molecule has 2 aromatic rings. The van der Waals surface area contributed by atoms with Gasteiger partial charge in [0, 0.05) is 0 Å². The van der Waals surface area contributed by atoms with Crippen molar-refractivity contribution in [2.24, 2.45) is 11.8 Å². The summed E-state index contributed by atoms with van der Waals surface area (Å²) in [4.78, 5) is 12.4. The number of phenols is 2. The van der Waals surface area contributed by atoms with Gasteiger partial charge in [-0.05, 0) is 54.2 Å². The van der Waals surface area contributed by atoms with Crippen LogP contribution in [-0.4, -0.2) is 37.5 Å². The van der Waals surface area contributed by atoms with Crippen LogP contribution in [0.25, 0.3) is 0 Å². The molecule has 0 amide bonds. The van der Waals surface area contributed by atoms with Crippen molar-refractivity contribution in [2.45, 2.75) is 19.8 Å². The van der Waals surface area contributed by atoms with E-state index in [-0.39, 0.29) is 29.3 Å². The summed E-state index contributed by atoms with van der Waals surface area (Å²) in [5, 5.41) is 19.5. The third-order valence-corrected chi connectivity index (χ3v) is 4.69. The van der Waals surface area contributed by atoms with Crippen molar-refractivity contribution in [1.29, 1.82) is 0 Å². The van der Waals surface area contributed by atoms with Crippen LogP contribution >= 0.6 is 0 Å². The van der Waals surface area contributed by atoms with Gasteiger partial charge in [0.15, 0.2) is 23.0 Å². The summed E-state index contributed by atoms with van der Waals surface area (Å²) in [6, 6.07) is 10.2. The number of methoxy groups -OCH3 is 3. The number of rotatable bonds is 8. The van der Waals surface area contributed by atoms with E-state index in [1.54, 1.807) is 30.3 Å². The number of carbonyl (C=O) groups excluding carboxylic acids is 1. The first-order chi connectivity index (χ1) is 12.9. The molecule has 2 N–H and O–H groups in total. The van der Waals surface area contributed by atoms with E-state index in [4.69, 9.17) is 14.2 Å². The summed E-state index contributed by atoms with van der Waals surface area (Å²) in [5.74, 6) is 0.218. The second-order valence-electron chi connectivity index (χ2n) is 6.53. The number of ether oxygens (including phenoxy) is 3. The minimum Gasteiger partial charge on any atom is -0.504 e. The summed E-state index contributed by atoms with van der Waals surface area (Å²) in [6.07, 6.45) is 1.07. The lowest BCUT2D eigenvalue weighted by Gasteiger charge is -2.22. The average molecular weight is 374 g/mol. The molecule has 0 aliphatic rings. The topological polar surface area (TPSA) is 85.2 Å². The van der Waals surface area contributed by atoms with E-state index in [0.717, 1.165) is 11.1 Å². The maximum atomic E-state index is 12.4. The van der Waals surface area contributed by atoms with Gasteiger partial charge in [0.05, 0.1) is 27.2 Å². The Kier molecular flexibility index (Phi) is 6.93. The molecule has 27 heavy (non-hydrogen) atoms. The predicted octanol–water partition coefficient (Wildman–Crippen LogP) is 3.33. The second-order valence-corrected chi connectivity index (χ2v) is 6.53. The Labute approximate surface area is 159 Å². The molecule has 0 aliphatic heterocycles. The highest BCUT2D eigenvalue weighted by molar-refractivity contribution is 5.73. The van der Waals surface area contributed by atoms with Crippen molar-refractivity contribution >= 4 is 5.97 Å². The molecule has 2 aromatic carbocycles. The second kappa shape index (κ2) is 9.16. The third-order valence-electron chi connectivity index (χ3n) is 4.69. The molecule has 0 spiro atoms. The molecule has 146 valence electrons. The molecule has 0 saturated heterocycles. The number of phenolic OH excluding ortho intramolecular Hbond substituents is 2. The van der Waals surface area contributed by atoms with Crippen molar-refractivity contribution < 1.29 is 29.2 Å². The van der Waals surface area contributed by atoms with Crippen LogP contribution < -0.4 is 9.47 Å². The molecule has 0 radical (unpaired) electrons. The van der Waals surface area contributed by atoms with Crippen molar-refractivity contribution in [2.75, 3.05) is 21.3 Å². The zero-order chi connectivity index (χ0) is 20.0. The lowest BCUT2D eigenvalue weighted by molar-refractivity contribution is -0.147. The van der Waals surface area contributed by atoms with Gasteiger partial charge in [0.1, 0.15) is 0 Å². The minimum absolute atomic E-state index is 0.0218. The molecule has 6 heteroatoms. The largest absolute Gasteiger partial charge is 0.504 e. The Morgan fingerprint density at radius 2 is 1.37 bits per heavy atom. The van der Waals surface area contributed by atoms with Gasteiger partial charge in [-0.15, -0.1) is 0 Å². The van der Waals surface area contributed by atoms with Gasteiger partial charge in [-0.2, -0.15) is 0 Å². The highest BCUT2D eigenvalue weighted by Gasteiger charge is 2.27. The number of aromatic hydroxyl groups is 2. The van der Waals surface area contributed by atoms with Crippen LogP contribution in [0.4, 0.5) is 0 Å². The standard InChI is InChI=1S/C21H26O6/c1-13(9-14-5-7-17(22)19(11-14)25-2)16(21(24)27-4)10-15-6-8-18(23)20(12-15)26-3/h5-8,11-13,16,22-23H,9-10H2,1-4H3/t13-,16?/m1/s1. The number of hydrogen-bond donors (Lipinski definition) is 2. The highest BCUT2D eigenvalue weighted by Crippen LogP contribution is 2.31. The zero-order valence-electron chi connectivity index (χ0n) is 16.1. The van der Waals surface area contributed by atoms with Crippen LogP contribution in [-0.2, 0) is 22.4 Å². The van der Waals surface area contributed by atoms with E-state index in [9.17, 15) is 15.0 Å². The van der Waals surface area contributed by atoms with E-state index >= 15 is 0 Å². The SMILES string of the molecule is COC(=O)C(Cc1ccc(O)c(OC)c1)[C@H](C)Cc1ccc(O)c(OC)c1. The number of esters is 1. The van der Waals surface area contributed by atoms with Crippen molar-refractivity contribution in [3.8, 4) is 23.0 Å². The van der Waals surface area contributed by atoms with Crippen LogP contribution in [0.1, 0.15) is 18.1 Å². The fourth-order valence-electron chi connectivity index (χ4n) is 3.13. The van der Waals surface area contributed by atoms with E-state index in [0.29, 0.717) is 24.3 Å². The van der Waals surface area contributed by atoms with Crippen molar-refractivity contribution in [3.63, 3.8) is 0 Å². The maximum absolute atomic E-state index is 12.4. The lowest BCUT2D eigenvalue weighted by Crippen LogP contribution is -2.27. The van der Waals surface area contributed by atoms with E-state index in [2.05, 4.69) is 0 Å². The van der Waals surface area contributed by atoms with Crippen LogP contribution in [0.2, 0.25) is 0 Å². The average Bonchev–Trinajstić information content (AvgIpc) is 2.67. The van der Waals surface area contributed by atoms with Crippen molar-refractivity contribution in [3.05, 3.63) is 47.5 Å². The lowest BCUT2D eigenvalue weighted by atomic mass is 9.84. The van der Waals surface area contributed by atoms with E-state index in [1.807, 2.05) is 13.0 Å². The van der Waals surface area contributed by atoms with Crippen LogP contribution in [0.15, 0.2) is 36.4 Å². The summed E-state index contributed by atoms with van der Waals surface area (Å²) in [6.45, 7) is 1.98. The molecular formula is C21H26O6. The maximum Gasteiger partial charge on any atom is 0.309 e. The molecule has 0 aliphatic carbocycles. The van der Waals surface area contributed by atoms with Crippen LogP contribution in [0.5, 0.6) is 23.0 Å². The fraction of sp³-hybridized carbons (Fsp3) is 0.381. The summed E-state index contributed by atoms with van der Waals surface area (Å²) in [5.41, 5.74) is 1.82. The first-order valence-electron chi connectivity index (χ1n) is 8.69. The van der Waals surface area contributed by atoms with Crippen LogP contribution in [0, 0.1) is 11.8 Å². The number of carbonyl (C=O) groups is 1. The van der Waals surface area contributed by atoms with Gasteiger partial charge < -0.3 is 24.4 Å². The Balaban J connectivity index is 2.21. The monoisotopic (exact) mass is 374 g/mol. The first-order valence-corrected chi connectivity index (χ1v) is 8.69. The molecule has 2 rings (SSSR count). The summed E-state index contributed by atoms with van der Waals surface area (Å²) >= 11 is 0. The predicted molar refractivity (Wildman–Crippen MR) is 101 cm³/mol. The van der Waals surface area contributed by atoms with Gasteiger partial charge in [0.25, 0.3) is 0 Å². The Morgan fingerprint density at radius 3 is 1.81 bits per heavy atom. The Hall–Kier alpha value is -2.89. The highest BCUT2D eigenvalue weighted by atomic mass is 16.5. The molecule has 0 heterocycles. The molecule has 0 fully saturated rings. The first kappa shape index (κ1) is 20.4. The Bertz CT molecular complexity index is 786. The molecule has 0 saturated carbocycles. The molecular weight excluding hydrogens is 348 g/mol. The third kappa shape index (κ3) is 5.06. The normalized spacial score (nSPS) is 12.9. The van der Waals surface area contributed by atoms with Crippen molar-refractivity contribution in [1.82, 2.24) is 0 Å². The zero-order valence-corrected chi connectivity index (χ0v) is 16.1.